The zero-order valence-corrected chi connectivity index (χ0v) is 15.0. The Kier molecular flexibility index (Phi) is 9.41. The van der Waals surface area contributed by atoms with Gasteiger partial charge in [-0.1, -0.05) is 17.7 Å². The van der Waals surface area contributed by atoms with Crippen molar-refractivity contribution in [3.05, 3.63) is 29.8 Å². The summed E-state index contributed by atoms with van der Waals surface area (Å²) in [5.74, 6) is -1.72. The number of alkyl halides is 3. The summed E-state index contributed by atoms with van der Waals surface area (Å²) >= 11 is 0. The van der Waals surface area contributed by atoms with Gasteiger partial charge in [0.05, 0.1) is 4.90 Å². The van der Waals surface area contributed by atoms with Crippen molar-refractivity contribution < 1.29 is 30.9 Å². The van der Waals surface area contributed by atoms with E-state index in [1.165, 1.54) is 12.1 Å². The van der Waals surface area contributed by atoms with Crippen LogP contribution in [0.3, 0.4) is 0 Å². The van der Waals surface area contributed by atoms with Crippen molar-refractivity contribution in [1.29, 1.82) is 0 Å². The zero-order chi connectivity index (χ0) is 18.4. The number of rotatable bonds is 3. The number of carbonyl (C=O) groups excluding carboxylic acids is 1. The monoisotopic (exact) mass is 404 g/mol. The quantitative estimate of drug-likeness (QED) is 0.669. The topological polar surface area (TPSA) is 95.5 Å². The average molecular weight is 405 g/mol. The molecule has 144 valence electrons. The maximum absolute atomic E-state index is 11.7. The van der Waals surface area contributed by atoms with Crippen molar-refractivity contribution in [2.75, 3.05) is 19.6 Å². The third-order valence-corrected chi connectivity index (χ3v) is 4.16. The highest BCUT2D eigenvalue weighted by Crippen LogP contribution is 2.14. The third-order valence-electron chi connectivity index (χ3n) is 3.29. The van der Waals surface area contributed by atoms with Crippen LogP contribution >= 0.6 is 12.4 Å². The summed E-state index contributed by atoms with van der Waals surface area (Å²) in [6.07, 6.45) is -3.94. The van der Waals surface area contributed by atoms with Gasteiger partial charge in [0.15, 0.2) is 0 Å². The maximum Gasteiger partial charge on any atom is 0.471 e. The molecule has 2 rings (SSSR count). The van der Waals surface area contributed by atoms with E-state index >= 15 is 0 Å². The number of nitrogens with one attached hydrogen (secondary N) is 2. The molecular formula is C14H20ClF3N2O4S. The number of hydrogen-bond acceptors (Lipinski definition) is 4. The van der Waals surface area contributed by atoms with Crippen LogP contribution < -0.4 is 10.6 Å². The molecule has 0 bridgehead atoms. The van der Waals surface area contributed by atoms with Crippen LogP contribution in [0.5, 0.6) is 0 Å². The first-order valence-corrected chi connectivity index (χ1v) is 8.54. The van der Waals surface area contributed by atoms with Crippen molar-refractivity contribution in [3.63, 3.8) is 0 Å². The minimum atomic E-state index is -4.76. The molecule has 1 aromatic carbocycles. The minimum Gasteiger partial charge on any atom is -0.348 e. The zero-order valence-electron chi connectivity index (χ0n) is 13.3. The van der Waals surface area contributed by atoms with Gasteiger partial charge in [0.1, 0.15) is 0 Å². The molecule has 0 radical (unpaired) electrons. The molecule has 0 unspecified atom stereocenters. The fraction of sp³-hybridized carbons (Fsp3) is 0.500. The molecule has 11 heteroatoms. The van der Waals surface area contributed by atoms with Gasteiger partial charge in [-0.3, -0.25) is 9.35 Å². The van der Waals surface area contributed by atoms with Gasteiger partial charge in [-0.25, -0.2) is 0 Å². The highest BCUT2D eigenvalue weighted by atomic mass is 35.5. The van der Waals surface area contributed by atoms with Gasteiger partial charge in [0.2, 0.25) is 0 Å². The Morgan fingerprint density at radius 1 is 1.32 bits per heavy atom. The van der Waals surface area contributed by atoms with Crippen LogP contribution in [0.1, 0.15) is 12.0 Å². The smallest absolute Gasteiger partial charge is 0.348 e. The first-order chi connectivity index (χ1) is 11.0. The van der Waals surface area contributed by atoms with E-state index in [2.05, 4.69) is 5.32 Å². The van der Waals surface area contributed by atoms with Gasteiger partial charge in [0.25, 0.3) is 10.1 Å². The summed E-state index contributed by atoms with van der Waals surface area (Å²) in [7, 11) is -4.02. The summed E-state index contributed by atoms with van der Waals surface area (Å²) in [5, 5.41) is 4.86. The lowest BCUT2D eigenvalue weighted by Gasteiger charge is -2.11. The van der Waals surface area contributed by atoms with E-state index in [9.17, 15) is 26.4 Å². The van der Waals surface area contributed by atoms with E-state index in [0.29, 0.717) is 6.54 Å². The van der Waals surface area contributed by atoms with Crippen molar-refractivity contribution >= 4 is 28.4 Å². The molecule has 1 amide bonds. The second-order valence-electron chi connectivity index (χ2n) is 5.35. The molecule has 6 nitrogen and oxygen atoms in total. The lowest BCUT2D eigenvalue weighted by atomic mass is 10.1. The van der Waals surface area contributed by atoms with Crippen LogP contribution in [-0.4, -0.2) is 44.7 Å². The van der Waals surface area contributed by atoms with E-state index in [-0.39, 0.29) is 29.8 Å². The third kappa shape index (κ3) is 9.05. The van der Waals surface area contributed by atoms with Crippen LogP contribution in [0.2, 0.25) is 0 Å². The van der Waals surface area contributed by atoms with Gasteiger partial charge < -0.3 is 10.6 Å². The van der Waals surface area contributed by atoms with E-state index in [0.717, 1.165) is 18.5 Å². The summed E-state index contributed by atoms with van der Waals surface area (Å²) in [4.78, 5) is 10.3. The minimum absolute atomic E-state index is 0. The highest BCUT2D eigenvalue weighted by molar-refractivity contribution is 7.85. The van der Waals surface area contributed by atoms with Crippen LogP contribution in [0.4, 0.5) is 13.2 Å². The second kappa shape index (κ2) is 9.95. The fourth-order valence-electron chi connectivity index (χ4n) is 1.94. The fourth-order valence-corrected chi connectivity index (χ4v) is 2.42. The Bertz CT molecular complexity index is 645. The van der Waals surface area contributed by atoms with Crippen molar-refractivity contribution in [3.8, 4) is 0 Å². The molecule has 25 heavy (non-hydrogen) atoms. The molecule has 1 aliphatic rings. The van der Waals surface area contributed by atoms with Gasteiger partial charge >= 0.3 is 12.1 Å². The first kappa shape index (κ1) is 23.6. The Morgan fingerprint density at radius 2 is 1.88 bits per heavy atom. The van der Waals surface area contributed by atoms with Crippen LogP contribution in [0.25, 0.3) is 0 Å². The predicted molar refractivity (Wildman–Crippen MR) is 88.3 cm³/mol. The number of halogens is 4. The van der Waals surface area contributed by atoms with Crippen molar-refractivity contribution in [2.45, 2.75) is 24.4 Å². The molecule has 0 aliphatic carbocycles. The predicted octanol–water partition coefficient (Wildman–Crippen LogP) is 1.94. The van der Waals surface area contributed by atoms with E-state index in [1.54, 1.807) is 12.1 Å². The van der Waals surface area contributed by atoms with Crippen LogP contribution in [0.15, 0.2) is 29.2 Å². The summed E-state index contributed by atoms with van der Waals surface area (Å²) in [6.45, 7) is 3.43. The standard InChI is InChI=1S/C7H11F3N2O.C7H8O3S.ClH/c8-7(9,10)6(13)12-4-5-1-2-11-3-5;1-6-2-4-7(5-3-6)11(8,9)10;/h5,11H,1-4H2,(H,12,13);2-5H,1H3,(H,8,9,10);1H/t5-;;/m1../s1. The number of benzene rings is 1. The molecular weight excluding hydrogens is 385 g/mol. The Labute approximate surface area is 150 Å². The molecule has 0 aromatic heterocycles. The molecule has 1 aliphatic heterocycles. The Balaban J connectivity index is 0.000000449. The average Bonchev–Trinajstić information content (AvgIpc) is 2.97. The molecule has 1 saturated heterocycles. The number of hydrogen-bond donors (Lipinski definition) is 3. The van der Waals surface area contributed by atoms with Gasteiger partial charge in [-0.15, -0.1) is 12.4 Å². The van der Waals surface area contributed by atoms with Gasteiger partial charge in [-0.05, 0) is 44.5 Å². The second-order valence-corrected chi connectivity index (χ2v) is 6.78. The van der Waals surface area contributed by atoms with Gasteiger partial charge in [0, 0.05) is 6.54 Å². The molecule has 1 aromatic rings. The van der Waals surface area contributed by atoms with Crippen LogP contribution in [0, 0.1) is 12.8 Å². The lowest BCUT2D eigenvalue weighted by Crippen LogP contribution is -2.39. The van der Waals surface area contributed by atoms with Gasteiger partial charge in [-0.2, -0.15) is 21.6 Å². The molecule has 0 saturated carbocycles. The summed E-state index contributed by atoms with van der Waals surface area (Å²) < 4.78 is 64.6. The first-order valence-electron chi connectivity index (χ1n) is 7.10. The molecule has 1 atom stereocenters. The summed E-state index contributed by atoms with van der Waals surface area (Å²) in [6, 6.07) is 5.99. The normalized spacial score (nSPS) is 17.1. The number of amides is 1. The van der Waals surface area contributed by atoms with Crippen molar-refractivity contribution in [1.82, 2.24) is 10.6 Å². The molecule has 3 N–H and O–H groups in total. The number of aryl methyl sites for hydroxylation is 1. The van der Waals surface area contributed by atoms with E-state index in [4.69, 9.17) is 4.55 Å². The van der Waals surface area contributed by atoms with E-state index in [1.807, 2.05) is 12.2 Å². The number of carbonyl (C=O) groups is 1. The Hall–Kier alpha value is -1.36. The maximum atomic E-state index is 11.7. The molecule has 1 heterocycles. The molecule has 1 fully saturated rings. The molecule has 0 spiro atoms. The van der Waals surface area contributed by atoms with E-state index < -0.39 is 22.2 Å². The largest absolute Gasteiger partial charge is 0.471 e. The van der Waals surface area contributed by atoms with Crippen LogP contribution in [-0.2, 0) is 14.9 Å². The highest BCUT2D eigenvalue weighted by Gasteiger charge is 2.38. The summed E-state index contributed by atoms with van der Waals surface area (Å²) in [5.41, 5.74) is 0.956. The van der Waals surface area contributed by atoms with Crippen molar-refractivity contribution in [2.24, 2.45) is 5.92 Å². The SMILES string of the molecule is Cc1ccc(S(=O)(=O)O)cc1.Cl.O=C(NC[C@@H]1CCNC1)C(F)(F)F. The Morgan fingerprint density at radius 3 is 2.28 bits per heavy atom. The lowest BCUT2D eigenvalue weighted by molar-refractivity contribution is -0.173.